The zero-order valence-corrected chi connectivity index (χ0v) is 8.59. The molecule has 0 spiro atoms. The quantitative estimate of drug-likeness (QED) is 0.723. The molecule has 0 heterocycles. The lowest BCUT2D eigenvalue weighted by Gasteiger charge is -2.11. The maximum absolute atomic E-state index is 13.3. The van der Waals surface area contributed by atoms with Crippen LogP contribution >= 0.6 is 0 Å². The van der Waals surface area contributed by atoms with E-state index in [-0.39, 0.29) is 12.2 Å². The highest BCUT2D eigenvalue weighted by Crippen LogP contribution is 2.21. The van der Waals surface area contributed by atoms with E-state index in [1.54, 1.807) is 6.92 Å². The lowest BCUT2D eigenvalue weighted by molar-refractivity contribution is -0.144. The summed E-state index contributed by atoms with van der Waals surface area (Å²) in [5.74, 6) is -3.29. The Kier molecular flexibility index (Phi) is 3.77. The normalized spacial score (nSPS) is 12.3. The molecule has 1 aromatic carbocycles. The Balaban J connectivity index is 2.96. The molecule has 0 saturated carbocycles. The number of ether oxygens (including phenoxy) is 1. The Hall–Kier alpha value is -1.45. The van der Waals surface area contributed by atoms with Crippen molar-refractivity contribution in [2.24, 2.45) is 0 Å². The molecule has 1 aromatic rings. The summed E-state index contributed by atoms with van der Waals surface area (Å²) in [5, 5.41) is 0. The molecule has 4 heteroatoms. The van der Waals surface area contributed by atoms with Gasteiger partial charge in [0.15, 0.2) is 11.6 Å². The number of benzene rings is 1. The average molecular weight is 214 g/mol. The smallest absolute Gasteiger partial charge is 0.313 e. The van der Waals surface area contributed by atoms with E-state index < -0.39 is 23.5 Å². The van der Waals surface area contributed by atoms with E-state index in [4.69, 9.17) is 4.74 Å². The van der Waals surface area contributed by atoms with Gasteiger partial charge >= 0.3 is 5.97 Å². The van der Waals surface area contributed by atoms with Crippen LogP contribution in [0.3, 0.4) is 0 Å². The van der Waals surface area contributed by atoms with E-state index in [1.165, 1.54) is 19.1 Å². The number of esters is 1. The molecule has 1 atom stereocenters. The van der Waals surface area contributed by atoms with Crippen LogP contribution in [0.15, 0.2) is 18.2 Å². The number of hydrogen-bond acceptors (Lipinski definition) is 2. The highest BCUT2D eigenvalue weighted by atomic mass is 19.2. The number of carbonyl (C=O) groups excluding carboxylic acids is 1. The first kappa shape index (κ1) is 11.6. The van der Waals surface area contributed by atoms with E-state index in [2.05, 4.69) is 0 Å². The minimum atomic E-state index is -0.988. The molecule has 0 saturated heterocycles. The first-order chi connectivity index (χ1) is 7.07. The molecule has 0 bridgehead atoms. The molecule has 15 heavy (non-hydrogen) atoms. The molecule has 0 radical (unpaired) electrons. The molecule has 0 aromatic heterocycles. The minimum absolute atomic E-state index is 0.0217. The highest BCUT2D eigenvalue weighted by molar-refractivity contribution is 5.77. The second-order valence-corrected chi connectivity index (χ2v) is 3.12. The Labute approximate surface area is 86.9 Å². The third-order valence-electron chi connectivity index (χ3n) is 2.09. The second kappa shape index (κ2) is 4.87. The summed E-state index contributed by atoms with van der Waals surface area (Å²) in [5.41, 5.74) is 0.0217. The fourth-order valence-corrected chi connectivity index (χ4v) is 1.25. The number of halogens is 2. The van der Waals surface area contributed by atoms with Gasteiger partial charge in [-0.2, -0.15) is 0 Å². The van der Waals surface area contributed by atoms with E-state index >= 15 is 0 Å². The summed E-state index contributed by atoms with van der Waals surface area (Å²) in [7, 11) is 0. The average Bonchev–Trinajstić information content (AvgIpc) is 2.21. The molecule has 2 nitrogen and oxygen atoms in total. The van der Waals surface area contributed by atoms with Crippen LogP contribution in [0.5, 0.6) is 0 Å². The van der Waals surface area contributed by atoms with Crippen molar-refractivity contribution in [2.75, 3.05) is 6.61 Å². The van der Waals surface area contributed by atoms with Crippen LogP contribution in [0.2, 0.25) is 0 Å². The van der Waals surface area contributed by atoms with E-state index in [1.807, 2.05) is 0 Å². The van der Waals surface area contributed by atoms with E-state index in [0.717, 1.165) is 6.07 Å². The lowest BCUT2D eigenvalue weighted by atomic mass is 10.0. The SMILES string of the molecule is CCOC(=O)C(C)c1cccc(F)c1F. The minimum Gasteiger partial charge on any atom is -0.466 e. The van der Waals surface area contributed by atoms with Gasteiger partial charge in [-0.1, -0.05) is 12.1 Å². The van der Waals surface area contributed by atoms with E-state index in [9.17, 15) is 13.6 Å². The van der Waals surface area contributed by atoms with Crippen molar-refractivity contribution in [1.29, 1.82) is 0 Å². The zero-order valence-electron chi connectivity index (χ0n) is 8.59. The van der Waals surface area contributed by atoms with Gasteiger partial charge in [0, 0.05) is 5.56 Å². The molecule has 82 valence electrons. The van der Waals surface area contributed by atoms with Gasteiger partial charge in [-0.05, 0) is 19.9 Å². The standard InChI is InChI=1S/C11H12F2O2/c1-3-15-11(14)7(2)8-5-4-6-9(12)10(8)13/h4-7H,3H2,1-2H3. The van der Waals surface area contributed by atoms with Gasteiger partial charge in [-0.15, -0.1) is 0 Å². The van der Waals surface area contributed by atoms with Crippen molar-refractivity contribution < 1.29 is 18.3 Å². The van der Waals surface area contributed by atoms with Crippen molar-refractivity contribution in [3.63, 3.8) is 0 Å². The molecule has 0 aliphatic rings. The van der Waals surface area contributed by atoms with Crippen LogP contribution < -0.4 is 0 Å². The molecule has 0 amide bonds. The van der Waals surface area contributed by atoms with Crippen molar-refractivity contribution in [2.45, 2.75) is 19.8 Å². The van der Waals surface area contributed by atoms with Crippen LogP contribution in [-0.4, -0.2) is 12.6 Å². The van der Waals surface area contributed by atoms with Gasteiger partial charge in [0.2, 0.25) is 0 Å². The van der Waals surface area contributed by atoms with Crippen molar-refractivity contribution in [3.05, 3.63) is 35.4 Å². The maximum atomic E-state index is 13.3. The van der Waals surface area contributed by atoms with Gasteiger partial charge in [0.25, 0.3) is 0 Å². The third-order valence-corrected chi connectivity index (χ3v) is 2.09. The van der Waals surface area contributed by atoms with Crippen LogP contribution in [0, 0.1) is 11.6 Å². The van der Waals surface area contributed by atoms with E-state index in [0.29, 0.717) is 0 Å². The second-order valence-electron chi connectivity index (χ2n) is 3.12. The zero-order chi connectivity index (χ0) is 11.4. The van der Waals surface area contributed by atoms with Gasteiger partial charge in [-0.3, -0.25) is 4.79 Å². The van der Waals surface area contributed by atoms with Gasteiger partial charge in [0.1, 0.15) is 0 Å². The summed E-state index contributed by atoms with van der Waals surface area (Å²) in [6.07, 6.45) is 0. The lowest BCUT2D eigenvalue weighted by Crippen LogP contribution is -2.14. The molecule has 1 unspecified atom stereocenters. The van der Waals surface area contributed by atoms with Crippen molar-refractivity contribution >= 4 is 5.97 Å². The fraction of sp³-hybridized carbons (Fsp3) is 0.364. The summed E-state index contributed by atoms with van der Waals surface area (Å²) in [4.78, 5) is 11.3. The molecular weight excluding hydrogens is 202 g/mol. The van der Waals surface area contributed by atoms with Gasteiger partial charge < -0.3 is 4.74 Å². The Morgan fingerprint density at radius 2 is 2.13 bits per heavy atom. The van der Waals surface area contributed by atoms with Crippen molar-refractivity contribution in [1.82, 2.24) is 0 Å². The third kappa shape index (κ3) is 2.52. The topological polar surface area (TPSA) is 26.3 Å². The van der Waals surface area contributed by atoms with Crippen LogP contribution in [-0.2, 0) is 9.53 Å². The summed E-state index contributed by atoms with van der Waals surface area (Å²) in [6, 6.07) is 3.75. The molecule has 0 aliphatic heterocycles. The summed E-state index contributed by atoms with van der Waals surface area (Å²) in [6.45, 7) is 3.36. The summed E-state index contributed by atoms with van der Waals surface area (Å²) >= 11 is 0. The van der Waals surface area contributed by atoms with Gasteiger partial charge in [0.05, 0.1) is 12.5 Å². The molecule has 1 rings (SSSR count). The van der Waals surface area contributed by atoms with Crippen LogP contribution in [0.4, 0.5) is 8.78 Å². The fourth-order valence-electron chi connectivity index (χ4n) is 1.25. The predicted octanol–water partition coefficient (Wildman–Crippen LogP) is 2.63. The largest absolute Gasteiger partial charge is 0.466 e. The first-order valence-electron chi connectivity index (χ1n) is 4.68. The number of hydrogen-bond donors (Lipinski definition) is 0. The molecular formula is C11H12F2O2. The maximum Gasteiger partial charge on any atom is 0.313 e. The molecule has 0 aliphatic carbocycles. The number of carbonyl (C=O) groups is 1. The molecule has 0 N–H and O–H groups in total. The predicted molar refractivity (Wildman–Crippen MR) is 51.4 cm³/mol. The van der Waals surface area contributed by atoms with Crippen LogP contribution in [0.1, 0.15) is 25.3 Å². The monoisotopic (exact) mass is 214 g/mol. The first-order valence-corrected chi connectivity index (χ1v) is 4.68. The Bertz CT molecular complexity index is 364. The Morgan fingerprint density at radius 1 is 1.47 bits per heavy atom. The van der Waals surface area contributed by atoms with Crippen LogP contribution in [0.25, 0.3) is 0 Å². The highest BCUT2D eigenvalue weighted by Gasteiger charge is 2.21. The van der Waals surface area contributed by atoms with Crippen molar-refractivity contribution in [3.8, 4) is 0 Å². The molecule has 0 fully saturated rings. The number of rotatable bonds is 3. The van der Waals surface area contributed by atoms with Gasteiger partial charge in [-0.25, -0.2) is 8.78 Å². The summed E-state index contributed by atoms with van der Waals surface area (Å²) < 4.78 is 30.9. The Morgan fingerprint density at radius 3 is 2.73 bits per heavy atom.